The molecule has 0 amide bonds. The summed E-state index contributed by atoms with van der Waals surface area (Å²) < 4.78 is 44.1. The molecule has 1 aromatic heterocycles. The number of hydrogen-bond acceptors (Lipinski definition) is 3. The molecule has 2 rings (SSSR count). The second-order valence-corrected chi connectivity index (χ2v) is 4.07. The molecule has 1 aromatic carbocycles. The maximum absolute atomic E-state index is 13.1. The number of oxazole rings is 1. The van der Waals surface area contributed by atoms with Gasteiger partial charge in [-0.2, -0.15) is 0 Å². The number of nitrogens with one attached hydrogen (secondary N) is 1. The van der Waals surface area contributed by atoms with Gasteiger partial charge in [-0.3, -0.25) is 0 Å². The van der Waals surface area contributed by atoms with E-state index in [1.807, 2.05) is 6.92 Å². The van der Waals surface area contributed by atoms with Crippen LogP contribution >= 0.6 is 0 Å². The minimum absolute atomic E-state index is 0.0612. The fraction of sp³-hybridized carbons (Fsp3) is 0.308. The van der Waals surface area contributed by atoms with Gasteiger partial charge >= 0.3 is 0 Å². The predicted octanol–water partition coefficient (Wildman–Crippen LogP) is 3.26. The maximum Gasteiger partial charge on any atom is 0.226 e. The van der Waals surface area contributed by atoms with Crippen molar-refractivity contribution in [3.8, 4) is 11.5 Å². The van der Waals surface area contributed by atoms with Crippen LogP contribution in [0.4, 0.5) is 13.2 Å². The molecule has 1 N–H and O–H groups in total. The van der Waals surface area contributed by atoms with E-state index in [9.17, 15) is 13.2 Å². The van der Waals surface area contributed by atoms with E-state index in [0.29, 0.717) is 12.2 Å². The minimum Gasteiger partial charge on any atom is -0.444 e. The van der Waals surface area contributed by atoms with Crippen LogP contribution in [0.15, 0.2) is 22.8 Å². The van der Waals surface area contributed by atoms with Crippen molar-refractivity contribution in [3.63, 3.8) is 0 Å². The number of benzene rings is 1. The molecule has 3 nitrogen and oxygen atoms in total. The average Bonchev–Trinajstić information content (AvgIpc) is 2.84. The van der Waals surface area contributed by atoms with Gasteiger partial charge in [-0.15, -0.1) is 0 Å². The number of hydrogen-bond donors (Lipinski definition) is 1. The van der Waals surface area contributed by atoms with Gasteiger partial charge in [0.1, 0.15) is 6.26 Å². The van der Waals surface area contributed by atoms with Crippen molar-refractivity contribution in [2.24, 2.45) is 0 Å². The van der Waals surface area contributed by atoms with Crippen LogP contribution in [0, 0.1) is 17.5 Å². The quantitative estimate of drug-likeness (QED) is 0.669. The Kier molecular flexibility index (Phi) is 4.21. The first-order chi connectivity index (χ1) is 9.11. The summed E-state index contributed by atoms with van der Waals surface area (Å²) in [6.45, 7) is 3.37. The average molecular weight is 270 g/mol. The normalized spacial score (nSPS) is 10.9. The zero-order valence-electron chi connectivity index (χ0n) is 10.3. The van der Waals surface area contributed by atoms with Crippen molar-refractivity contribution in [1.29, 1.82) is 0 Å². The van der Waals surface area contributed by atoms with Gasteiger partial charge in [-0.05, 0) is 25.1 Å². The summed E-state index contributed by atoms with van der Waals surface area (Å²) in [4.78, 5) is 4.08. The van der Waals surface area contributed by atoms with E-state index in [2.05, 4.69) is 10.3 Å². The van der Waals surface area contributed by atoms with Crippen molar-refractivity contribution in [2.45, 2.75) is 19.9 Å². The van der Waals surface area contributed by atoms with E-state index in [0.717, 1.165) is 25.1 Å². The smallest absolute Gasteiger partial charge is 0.226 e. The summed E-state index contributed by atoms with van der Waals surface area (Å²) in [5.41, 5.74) is 0.687. The first-order valence-electron chi connectivity index (χ1n) is 5.92. The molecule has 0 bridgehead atoms. The molecule has 2 aromatic rings. The lowest BCUT2D eigenvalue weighted by Crippen LogP contribution is -2.13. The minimum atomic E-state index is -1.50. The Morgan fingerprint density at radius 1 is 1.21 bits per heavy atom. The van der Waals surface area contributed by atoms with Crippen LogP contribution in [0.1, 0.15) is 19.0 Å². The van der Waals surface area contributed by atoms with Gasteiger partial charge in [0.05, 0.1) is 5.69 Å². The Hall–Kier alpha value is -1.82. The van der Waals surface area contributed by atoms with E-state index in [1.165, 1.54) is 6.26 Å². The second kappa shape index (κ2) is 5.88. The lowest BCUT2D eigenvalue weighted by Gasteiger charge is -1.99. The molecular formula is C13H13F3N2O. The molecule has 0 spiro atoms. The molecular weight excluding hydrogens is 257 g/mol. The van der Waals surface area contributed by atoms with Crippen molar-refractivity contribution < 1.29 is 17.6 Å². The predicted molar refractivity (Wildman–Crippen MR) is 63.8 cm³/mol. The largest absolute Gasteiger partial charge is 0.444 e. The van der Waals surface area contributed by atoms with Crippen LogP contribution in [-0.2, 0) is 6.54 Å². The van der Waals surface area contributed by atoms with Crippen molar-refractivity contribution in [1.82, 2.24) is 10.3 Å². The van der Waals surface area contributed by atoms with E-state index in [-0.39, 0.29) is 11.5 Å². The Bertz CT molecular complexity index is 546. The summed E-state index contributed by atoms with van der Waals surface area (Å²) in [5.74, 6) is -3.97. The van der Waals surface area contributed by atoms with Gasteiger partial charge in [0, 0.05) is 12.1 Å². The van der Waals surface area contributed by atoms with Gasteiger partial charge in [0.2, 0.25) is 5.89 Å². The topological polar surface area (TPSA) is 38.1 Å². The number of rotatable bonds is 5. The van der Waals surface area contributed by atoms with E-state index in [4.69, 9.17) is 4.42 Å². The van der Waals surface area contributed by atoms with E-state index < -0.39 is 17.5 Å². The third-order valence-electron chi connectivity index (χ3n) is 2.52. The fourth-order valence-electron chi connectivity index (χ4n) is 1.59. The zero-order chi connectivity index (χ0) is 13.8. The third-order valence-corrected chi connectivity index (χ3v) is 2.52. The number of nitrogens with zero attached hydrogens (tertiary/aromatic N) is 1. The lowest BCUT2D eigenvalue weighted by molar-refractivity contribution is 0.446. The molecule has 1 heterocycles. The highest BCUT2D eigenvalue weighted by molar-refractivity contribution is 5.53. The summed E-state index contributed by atoms with van der Waals surface area (Å²) in [6, 6.07) is 1.71. The van der Waals surface area contributed by atoms with Crippen LogP contribution in [0.25, 0.3) is 11.5 Å². The Morgan fingerprint density at radius 2 is 1.89 bits per heavy atom. The highest BCUT2D eigenvalue weighted by atomic mass is 19.2. The Morgan fingerprint density at radius 3 is 2.53 bits per heavy atom. The molecule has 0 aliphatic carbocycles. The molecule has 19 heavy (non-hydrogen) atoms. The Labute approximate surface area is 108 Å². The van der Waals surface area contributed by atoms with Crippen molar-refractivity contribution >= 4 is 0 Å². The van der Waals surface area contributed by atoms with Gasteiger partial charge in [-0.25, -0.2) is 18.2 Å². The second-order valence-electron chi connectivity index (χ2n) is 4.07. The molecule has 0 aliphatic heterocycles. The summed E-state index contributed by atoms with van der Waals surface area (Å²) in [5, 5.41) is 3.12. The van der Waals surface area contributed by atoms with Crippen LogP contribution < -0.4 is 5.32 Å². The van der Waals surface area contributed by atoms with E-state index >= 15 is 0 Å². The molecule has 0 unspecified atom stereocenters. The molecule has 0 saturated heterocycles. The SMILES string of the molecule is CCCNCc1coc(-c2cc(F)c(F)c(F)c2)n1. The van der Waals surface area contributed by atoms with Crippen LogP contribution in [-0.4, -0.2) is 11.5 Å². The highest BCUT2D eigenvalue weighted by Crippen LogP contribution is 2.23. The first kappa shape index (κ1) is 13.6. The molecule has 0 saturated carbocycles. The molecule has 0 radical (unpaired) electrons. The van der Waals surface area contributed by atoms with Gasteiger partial charge < -0.3 is 9.73 Å². The van der Waals surface area contributed by atoms with Crippen LogP contribution in [0.5, 0.6) is 0 Å². The van der Waals surface area contributed by atoms with Crippen molar-refractivity contribution in [2.75, 3.05) is 6.54 Å². The highest BCUT2D eigenvalue weighted by Gasteiger charge is 2.14. The molecule has 0 atom stereocenters. The molecule has 102 valence electrons. The molecule has 0 aliphatic rings. The standard InChI is InChI=1S/C13H13F3N2O/c1-2-3-17-6-9-7-19-13(18-9)8-4-10(14)12(16)11(15)5-8/h4-5,7,17H,2-3,6H2,1H3. The van der Waals surface area contributed by atoms with Gasteiger partial charge in [0.15, 0.2) is 17.5 Å². The maximum atomic E-state index is 13.1. The van der Waals surface area contributed by atoms with Gasteiger partial charge in [-0.1, -0.05) is 6.92 Å². The number of halogens is 3. The van der Waals surface area contributed by atoms with E-state index in [1.54, 1.807) is 0 Å². The zero-order valence-corrected chi connectivity index (χ0v) is 10.3. The molecule has 0 fully saturated rings. The summed E-state index contributed by atoms with van der Waals surface area (Å²) >= 11 is 0. The first-order valence-corrected chi connectivity index (χ1v) is 5.92. The fourth-order valence-corrected chi connectivity index (χ4v) is 1.59. The monoisotopic (exact) mass is 270 g/mol. The Balaban J connectivity index is 2.18. The lowest BCUT2D eigenvalue weighted by atomic mass is 10.2. The number of aromatic nitrogens is 1. The van der Waals surface area contributed by atoms with Gasteiger partial charge in [0.25, 0.3) is 0 Å². The van der Waals surface area contributed by atoms with Crippen LogP contribution in [0.3, 0.4) is 0 Å². The van der Waals surface area contributed by atoms with Crippen LogP contribution in [0.2, 0.25) is 0 Å². The summed E-state index contributed by atoms with van der Waals surface area (Å²) in [7, 11) is 0. The molecule has 6 heteroatoms. The summed E-state index contributed by atoms with van der Waals surface area (Å²) in [6.07, 6.45) is 2.39. The van der Waals surface area contributed by atoms with Crippen molar-refractivity contribution in [3.05, 3.63) is 41.5 Å². The third kappa shape index (κ3) is 3.14.